The van der Waals surface area contributed by atoms with Crippen molar-refractivity contribution in [1.29, 1.82) is 10.7 Å². The predicted molar refractivity (Wildman–Crippen MR) is 162 cm³/mol. The number of allylic oxidation sites excluding steroid dienone is 12. The van der Waals surface area contributed by atoms with Gasteiger partial charge in [0.05, 0.1) is 19.2 Å². The van der Waals surface area contributed by atoms with Crippen molar-refractivity contribution in [3.8, 4) is 6.07 Å². The quantitative estimate of drug-likeness (QED) is 0.184. The van der Waals surface area contributed by atoms with E-state index in [1.54, 1.807) is 60.7 Å². The highest BCUT2D eigenvalue weighted by atomic mass is 16.1. The molecule has 6 nitrogen and oxygen atoms in total. The minimum absolute atomic E-state index is 0.0136. The van der Waals surface area contributed by atoms with Gasteiger partial charge in [0.15, 0.2) is 11.6 Å². The topological polar surface area (TPSA) is 90.5 Å². The van der Waals surface area contributed by atoms with Crippen molar-refractivity contribution in [2.24, 2.45) is 5.41 Å². The average Bonchev–Trinajstić information content (AvgIpc) is 3.42. The summed E-state index contributed by atoms with van der Waals surface area (Å²) in [5.74, 6) is 1.77. The fourth-order valence-corrected chi connectivity index (χ4v) is 5.82. The van der Waals surface area contributed by atoms with E-state index in [2.05, 4.69) is 29.4 Å². The molecule has 1 N–H and O–H groups in total. The molecule has 5 rings (SSSR count). The first kappa shape index (κ1) is 27.7. The number of carbonyl (C=O) groups excluding carboxylic acids is 2. The molecule has 0 spiro atoms. The fraction of sp³-hybridized carbons (Fsp3) is 0.139. The van der Waals surface area contributed by atoms with Crippen LogP contribution in [0.25, 0.3) is 20.8 Å². The molecule has 0 aliphatic heterocycles. The molecule has 2 aromatic carbocycles. The van der Waals surface area contributed by atoms with Gasteiger partial charge in [0.25, 0.3) is 11.4 Å². The highest BCUT2D eigenvalue weighted by Gasteiger charge is 2.33. The molecule has 200 valence electrons. The molecular weight excluding hydrogens is 520 g/mol. The Balaban J connectivity index is 1.57. The molecule has 0 atom stereocenters. The first-order chi connectivity index (χ1) is 20.2. The van der Waals surface area contributed by atoms with E-state index in [1.165, 1.54) is 0 Å². The second-order valence-corrected chi connectivity index (χ2v) is 11.0. The fourth-order valence-electron chi connectivity index (χ4n) is 5.82. The molecule has 0 fully saturated rings. The van der Waals surface area contributed by atoms with Gasteiger partial charge < -0.3 is 0 Å². The van der Waals surface area contributed by atoms with Crippen LogP contribution in [0.3, 0.4) is 0 Å². The highest BCUT2D eigenvalue weighted by molar-refractivity contribution is 6.28. The number of hydrogen-bond donors (Lipinski definition) is 1. The van der Waals surface area contributed by atoms with E-state index >= 15 is 0 Å². The van der Waals surface area contributed by atoms with Crippen LogP contribution in [0.1, 0.15) is 58.5 Å². The normalized spacial score (nSPS) is 20.0. The lowest BCUT2D eigenvalue weighted by molar-refractivity contribution is 0.103. The standard InChI is InChI=1S/C36H24N4O2/c1-36(2)18-22(13-15-28-32(30(20-37)39-3)24-9-5-7-11-26(24)34(28)41)17-23(19-36)14-16-29-33(31(21-38)40-4)25-10-6-8-12-27(25)35(29)42/h5-17,37H,18-19H2,1-2H3/b15-13?,23-14?,29-16?,33-31-. The van der Waals surface area contributed by atoms with Crippen LogP contribution in [0.2, 0.25) is 0 Å². The summed E-state index contributed by atoms with van der Waals surface area (Å²) in [7, 11) is 0. The number of fused-ring (bicyclic) bond motifs is 2. The third-order valence-electron chi connectivity index (χ3n) is 7.50. The van der Waals surface area contributed by atoms with Gasteiger partial charge in [-0.25, -0.2) is 15.0 Å². The van der Waals surface area contributed by atoms with E-state index in [1.807, 2.05) is 24.3 Å². The molecule has 0 heterocycles. The SMILES string of the molecule is [C-]#[N+]C(=C=N)C1=C(C=CC2=CC(=CC=C3C(=O)c4ccccc4/C3=C(\C#N)[N+]#[C-])CC(C)(C)C2)C(=O)c2ccccc21. The third-order valence-corrected chi connectivity index (χ3v) is 7.50. The lowest BCUT2D eigenvalue weighted by atomic mass is 9.75. The molecule has 0 saturated carbocycles. The Morgan fingerprint density at radius 2 is 1.55 bits per heavy atom. The summed E-state index contributed by atoms with van der Waals surface area (Å²) in [5.41, 5.74) is 5.30. The van der Waals surface area contributed by atoms with Crippen molar-refractivity contribution in [2.75, 3.05) is 0 Å². The first-order valence-electron chi connectivity index (χ1n) is 13.2. The molecule has 42 heavy (non-hydrogen) atoms. The summed E-state index contributed by atoms with van der Waals surface area (Å²) in [6, 6.07) is 16.0. The molecule has 0 saturated heterocycles. The van der Waals surface area contributed by atoms with Crippen LogP contribution < -0.4 is 0 Å². The highest BCUT2D eigenvalue weighted by Crippen LogP contribution is 2.42. The summed E-state index contributed by atoms with van der Waals surface area (Å²) >= 11 is 0. The first-order valence-corrected chi connectivity index (χ1v) is 13.2. The van der Waals surface area contributed by atoms with E-state index in [4.69, 9.17) is 18.6 Å². The maximum Gasteiger partial charge on any atom is 0.270 e. The lowest BCUT2D eigenvalue weighted by Crippen LogP contribution is -2.16. The molecule has 0 aromatic heterocycles. The van der Waals surface area contributed by atoms with Crippen LogP contribution in [-0.4, -0.2) is 17.4 Å². The van der Waals surface area contributed by atoms with E-state index < -0.39 is 0 Å². The zero-order valence-corrected chi connectivity index (χ0v) is 23.1. The molecule has 0 radical (unpaired) electrons. The smallest absolute Gasteiger partial charge is 0.270 e. The second-order valence-electron chi connectivity index (χ2n) is 11.0. The Morgan fingerprint density at radius 3 is 2.17 bits per heavy atom. The molecule has 3 aliphatic rings. The number of nitrogens with zero attached hydrogens (tertiary/aromatic N) is 3. The number of Topliss-reactive ketones (excluding diaryl/α,β-unsaturated/α-hetero) is 2. The number of ketones is 2. The van der Waals surface area contributed by atoms with E-state index in [9.17, 15) is 14.9 Å². The Labute approximate surface area is 244 Å². The van der Waals surface area contributed by atoms with Gasteiger partial charge >= 0.3 is 0 Å². The molecular formula is C36H24N4O2. The second kappa shape index (κ2) is 11.0. The minimum Gasteiger partial charge on any atom is -0.289 e. The van der Waals surface area contributed by atoms with E-state index in [-0.39, 0.29) is 28.4 Å². The van der Waals surface area contributed by atoms with Gasteiger partial charge in [-0.05, 0) is 46.4 Å². The predicted octanol–water partition coefficient (Wildman–Crippen LogP) is 7.89. The average molecular weight is 545 g/mol. The third kappa shape index (κ3) is 4.83. The van der Waals surface area contributed by atoms with Gasteiger partial charge in [-0.15, -0.1) is 0 Å². The number of carbonyl (C=O) groups is 2. The van der Waals surface area contributed by atoms with Crippen molar-refractivity contribution in [1.82, 2.24) is 0 Å². The molecule has 3 aliphatic carbocycles. The summed E-state index contributed by atoms with van der Waals surface area (Å²) in [4.78, 5) is 33.4. The minimum atomic E-state index is -0.221. The summed E-state index contributed by atoms with van der Waals surface area (Å²) in [6.07, 6.45) is 10.6. The van der Waals surface area contributed by atoms with Gasteiger partial charge in [0.1, 0.15) is 0 Å². The Bertz CT molecular complexity index is 1950. The van der Waals surface area contributed by atoms with Crippen molar-refractivity contribution in [3.05, 3.63) is 158 Å². The Kier molecular flexibility index (Phi) is 7.23. The number of nitrogens with one attached hydrogen (secondary N) is 1. The van der Waals surface area contributed by atoms with Crippen molar-refractivity contribution >= 4 is 28.6 Å². The number of benzene rings is 2. The van der Waals surface area contributed by atoms with Crippen LogP contribution >= 0.6 is 0 Å². The molecule has 0 bridgehead atoms. The van der Waals surface area contributed by atoms with Crippen molar-refractivity contribution < 1.29 is 9.59 Å². The van der Waals surface area contributed by atoms with Crippen LogP contribution in [0.15, 0.2) is 113 Å². The molecule has 0 amide bonds. The van der Waals surface area contributed by atoms with Crippen LogP contribution in [0.5, 0.6) is 0 Å². The summed E-state index contributed by atoms with van der Waals surface area (Å²) < 4.78 is 0. The number of nitriles is 1. The van der Waals surface area contributed by atoms with Gasteiger partial charge in [-0.1, -0.05) is 92.8 Å². The summed E-state index contributed by atoms with van der Waals surface area (Å²) in [5, 5.41) is 17.2. The van der Waals surface area contributed by atoms with Gasteiger partial charge in [-0.3, -0.25) is 15.0 Å². The monoisotopic (exact) mass is 544 g/mol. The zero-order chi connectivity index (χ0) is 30.0. The van der Waals surface area contributed by atoms with Crippen molar-refractivity contribution in [3.63, 3.8) is 0 Å². The van der Waals surface area contributed by atoms with E-state index in [0.717, 1.165) is 24.0 Å². The van der Waals surface area contributed by atoms with Crippen LogP contribution in [0, 0.1) is 35.3 Å². The maximum absolute atomic E-state index is 13.3. The largest absolute Gasteiger partial charge is 0.289 e. The van der Waals surface area contributed by atoms with Crippen LogP contribution in [0.4, 0.5) is 0 Å². The van der Waals surface area contributed by atoms with Crippen LogP contribution in [-0.2, 0) is 0 Å². The molecule has 2 aromatic rings. The Morgan fingerprint density at radius 1 is 0.905 bits per heavy atom. The lowest BCUT2D eigenvalue weighted by Gasteiger charge is -2.30. The summed E-state index contributed by atoms with van der Waals surface area (Å²) in [6.45, 7) is 19.3. The zero-order valence-electron chi connectivity index (χ0n) is 23.1. The Hall–Kier alpha value is -5.86. The van der Waals surface area contributed by atoms with Gasteiger partial charge in [0, 0.05) is 33.4 Å². The van der Waals surface area contributed by atoms with Crippen molar-refractivity contribution in [2.45, 2.75) is 26.7 Å². The maximum atomic E-state index is 13.3. The molecule has 0 unspecified atom stereocenters. The van der Waals surface area contributed by atoms with Gasteiger partial charge in [-0.2, -0.15) is 0 Å². The van der Waals surface area contributed by atoms with E-state index in [0.29, 0.717) is 44.5 Å². The van der Waals surface area contributed by atoms with Gasteiger partial charge in [0.2, 0.25) is 0 Å². The molecule has 6 heteroatoms. The number of hydrogen-bond acceptors (Lipinski definition) is 4. The number of rotatable bonds is 4.